The molecule has 2 aromatic rings. The minimum absolute atomic E-state index is 0.0293. The molecule has 0 radical (unpaired) electrons. The predicted octanol–water partition coefficient (Wildman–Crippen LogP) is 3.31. The van der Waals surface area contributed by atoms with Gasteiger partial charge in [-0.25, -0.2) is 0 Å². The predicted molar refractivity (Wildman–Crippen MR) is 109 cm³/mol. The van der Waals surface area contributed by atoms with Crippen LogP contribution in [0, 0.1) is 6.92 Å². The van der Waals surface area contributed by atoms with E-state index in [9.17, 15) is 4.79 Å². The Labute approximate surface area is 161 Å². The van der Waals surface area contributed by atoms with Crippen molar-refractivity contribution in [2.45, 2.75) is 33.1 Å². The lowest BCUT2D eigenvalue weighted by atomic mass is 9.88. The standard InChI is InChI=1S/C21H30N4O2/c1-15-18(19(22-27-15)21(2,3)4)20(26)25-14-13-24(12-11-23(5)6)16-9-7-8-10-17(16)25/h7-10H,11-14H2,1-6H3. The van der Waals surface area contributed by atoms with Gasteiger partial charge in [0.2, 0.25) is 0 Å². The van der Waals surface area contributed by atoms with Crippen molar-refractivity contribution in [3.8, 4) is 0 Å². The largest absolute Gasteiger partial charge is 0.367 e. The van der Waals surface area contributed by atoms with Crippen LogP contribution in [0.25, 0.3) is 0 Å². The van der Waals surface area contributed by atoms with Gasteiger partial charge in [0.15, 0.2) is 0 Å². The van der Waals surface area contributed by atoms with Crippen LogP contribution in [-0.2, 0) is 5.41 Å². The molecule has 0 unspecified atom stereocenters. The molecule has 0 atom stereocenters. The van der Waals surface area contributed by atoms with Gasteiger partial charge in [0, 0.05) is 31.6 Å². The number of carbonyl (C=O) groups is 1. The summed E-state index contributed by atoms with van der Waals surface area (Å²) in [5.41, 5.74) is 3.12. The first-order valence-electron chi connectivity index (χ1n) is 9.47. The summed E-state index contributed by atoms with van der Waals surface area (Å²) in [5.74, 6) is 0.552. The number of likely N-dealkylation sites (N-methyl/N-ethyl adjacent to an activating group) is 1. The van der Waals surface area contributed by atoms with Crippen molar-refractivity contribution in [3.05, 3.63) is 41.3 Å². The quantitative estimate of drug-likeness (QED) is 0.826. The van der Waals surface area contributed by atoms with E-state index in [0.717, 1.165) is 36.7 Å². The van der Waals surface area contributed by atoms with E-state index in [4.69, 9.17) is 4.52 Å². The van der Waals surface area contributed by atoms with Crippen LogP contribution in [0.15, 0.2) is 28.8 Å². The molecule has 0 bridgehead atoms. The van der Waals surface area contributed by atoms with E-state index in [2.05, 4.69) is 35.1 Å². The minimum atomic E-state index is -0.254. The number of aryl methyl sites for hydroxylation is 1. The Hall–Kier alpha value is -2.34. The van der Waals surface area contributed by atoms with Crippen LogP contribution in [0.2, 0.25) is 0 Å². The van der Waals surface area contributed by atoms with E-state index in [0.29, 0.717) is 17.9 Å². The highest BCUT2D eigenvalue weighted by Gasteiger charge is 2.34. The van der Waals surface area contributed by atoms with Gasteiger partial charge >= 0.3 is 0 Å². The van der Waals surface area contributed by atoms with Crippen LogP contribution in [0.1, 0.15) is 42.6 Å². The molecule has 0 N–H and O–H groups in total. The molecule has 146 valence electrons. The van der Waals surface area contributed by atoms with Gasteiger partial charge in [-0.3, -0.25) is 4.79 Å². The molecule has 1 aliphatic heterocycles. The second kappa shape index (κ2) is 7.35. The van der Waals surface area contributed by atoms with Gasteiger partial charge in [-0.05, 0) is 33.2 Å². The van der Waals surface area contributed by atoms with E-state index < -0.39 is 0 Å². The molecule has 3 rings (SSSR count). The van der Waals surface area contributed by atoms with E-state index in [1.807, 2.05) is 50.8 Å². The first-order valence-corrected chi connectivity index (χ1v) is 9.47. The fraction of sp³-hybridized carbons (Fsp3) is 0.524. The van der Waals surface area contributed by atoms with Crippen molar-refractivity contribution < 1.29 is 9.32 Å². The maximum Gasteiger partial charge on any atom is 0.263 e. The molecule has 0 fully saturated rings. The smallest absolute Gasteiger partial charge is 0.263 e. The molecule has 0 spiro atoms. The lowest BCUT2D eigenvalue weighted by Gasteiger charge is -2.38. The number of hydrogen-bond donors (Lipinski definition) is 0. The van der Waals surface area contributed by atoms with Crippen LogP contribution in [-0.4, -0.2) is 56.2 Å². The number of hydrogen-bond acceptors (Lipinski definition) is 5. The zero-order valence-corrected chi connectivity index (χ0v) is 17.2. The SMILES string of the molecule is Cc1onc(C(C)(C)C)c1C(=O)N1CCN(CCN(C)C)c2ccccc21. The molecular formula is C21H30N4O2. The number of benzene rings is 1. The lowest BCUT2D eigenvalue weighted by molar-refractivity contribution is 0.0983. The summed E-state index contributed by atoms with van der Waals surface area (Å²) in [6, 6.07) is 8.13. The number of aromatic nitrogens is 1. The van der Waals surface area contributed by atoms with Crippen molar-refractivity contribution in [1.29, 1.82) is 0 Å². The fourth-order valence-electron chi connectivity index (χ4n) is 3.46. The van der Waals surface area contributed by atoms with Crippen molar-refractivity contribution in [2.24, 2.45) is 0 Å². The minimum Gasteiger partial charge on any atom is -0.367 e. The van der Waals surface area contributed by atoms with Crippen molar-refractivity contribution >= 4 is 17.3 Å². The average Bonchev–Trinajstić information content (AvgIpc) is 3.00. The third kappa shape index (κ3) is 3.86. The van der Waals surface area contributed by atoms with Gasteiger partial charge in [0.05, 0.1) is 11.4 Å². The fourth-order valence-corrected chi connectivity index (χ4v) is 3.46. The van der Waals surface area contributed by atoms with Gasteiger partial charge in [-0.2, -0.15) is 0 Å². The highest BCUT2D eigenvalue weighted by molar-refractivity contribution is 6.09. The van der Waals surface area contributed by atoms with Gasteiger partial charge < -0.3 is 19.2 Å². The first kappa shape index (κ1) is 19.4. The van der Waals surface area contributed by atoms with Crippen molar-refractivity contribution in [2.75, 3.05) is 50.1 Å². The monoisotopic (exact) mass is 370 g/mol. The van der Waals surface area contributed by atoms with Crippen LogP contribution in [0.4, 0.5) is 11.4 Å². The van der Waals surface area contributed by atoms with Gasteiger partial charge in [-0.1, -0.05) is 38.1 Å². The highest BCUT2D eigenvalue weighted by Crippen LogP contribution is 2.35. The molecule has 1 aromatic heterocycles. The highest BCUT2D eigenvalue weighted by atomic mass is 16.5. The van der Waals surface area contributed by atoms with Crippen molar-refractivity contribution in [3.63, 3.8) is 0 Å². The van der Waals surface area contributed by atoms with Crippen LogP contribution >= 0.6 is 0 Å². The Morgan fingerprint density at radius 1 is 1.19 bits per heavy atom. The summed E-state index contributed by atoms with van der Waals surface area (Å²) in [6.45, 7) is 11.3. The molecule has 2 heterocycles. The number of carbonyl (C=O) groups excluding carboxylic acids is 1. The summed E-state index contributed by atoms with van der Waals surface area (Å²) in [7, 11) is 4.16. The summed E-state index contributed by atoms with van der Waals surface area (Å²) >= 11 is 0. The number of anilines is 2. The molecule has 0 aliphatic carbocycles. The molecule has 27 heavy (non-hydrogen) atoms. The van der Waals surface area contributed by atoms with Gasteiger partial charge in [0.25, 0.3) is 5.91 Å². The van der Waals surface area contributed by atoms with Crippen LogP contribution in [0.3, 0.4) is 0 Å². The average molecular weight is 370 g/mol. The Balaban J connectivity index is 1.95. The Morgan fingerprint density at radius 2 is 1.85 bits per heavy atom. The first-order chi connectivity index (χ1) is 12.7. The number of nitrogens with zero attached hydrogens (tertiary/aromatic N) is 4. The van der Waals surface area contributed by atoms with E-state index in [1.54, 1.807) is 0 Å². The molecule has 0 saturated carbocycles. The molecule has 6 nitrogen and oxygen atoms in total. The molecular weight excluding hydrogens is 340 g/mol. The van der Waals surface area contributed by atoms with Gasteiger partial charge in [0.1, 0.15) is 17.0 Å². The second-order valence-electron chi connectivity index (χ2n) is 8.45. The third-order valence-electron chi connectivity index (χ3n) is 4.96. The summed E-state index contributed by atoms with van der Waals surface area (Å²) in [4.78, 5) is 19.9. The topological polar surface area (TPSA) is 52.8 Å². The maximum absolute atomic E-state index is 13.5. The molecule has 1 aromatic carbocycles. The molecule has 6 heteroatoms. The summed E-state index contributed by atoms with van der Waals surface area (Å²) in [6.07, 6.45) is 0. The Kier molecular flexibility index (Phi) is 5.29. The normalized spacial score (nSPS) is 14.6. The van der Waals surface area contributed by atoms with Crippen LogP contribution in [0.5, 0.6) is 0 Å². The zero-order valence-electron chi connectivity index (χ0n) is 17.2. The van der Waals surface area contributed by atoms with Gasteiger partial charge in [-0.15, -0.1) is 0 Å². The molecule has 1 aliphatic rings. The number of fused-ring (bicyclic) bond motifs is 1. The van der Waals surface area contributed by atoms with Crippen molar-refractivity contribution in [1.82, 2.24) is 10.1 Å². The summed E-state index contributed by atoms with van der Waals surface area (Å²) in [5, 5.41) is 4.18. The second-order valence-corrected chi connectivity index (χ2v) is 8.45. The number of para-hydroxylation sites is 2. The van der Waals surface area contributed by atoms with E-state index >= 15 is 0 Å². The van der Waals surface area contributed by atoms with E-state index in [1.165, 1.54) is 0 Å². The zero-order chi connectivity index (χ0) is 19.8. The van der Waals surface area contributed by atoms with Crippen LogP contribution < -0.4 is 9.80 Å². The summed E-state index contributed by atoms with van der Waals surface area (Å²) < 4.78 is 5.39. The Morgan fingerprint density at radius 3 is 2.48 bits per heavy atom. The maximum atomic E-state index is 13.5. The number of amides is 1. The number of rotatable bonds is 4. The molecule has 0 saturated heterocycles. The lowest BCUT2D eigenvalue weighted by Crippen LogP contribution is -2.46. The third-order valence-corrected chi connectivity index (χ3v) is 4.96. The molecule has 1 amide bonds. The van der Waals surface area contributed by atoms with E-state index in [-0.39, 0.29) is 11.3 Å². The Bertz CT molecular complexity index is 820.